The second kappa shape index (κ2) is 11.5. The first-order chi connectivity index (χ1) is 12.3. The Hall–Kier alpha value is -2.00. The molecular weight excluding hydrogens is 344 g/mol. The van der Waals surface area contributed by atoms with Gasteiger partial charge in [0.2, 0.25) is 17.2 Å². The fourth-order valence-electron chi connectivity index (χ4n) is 1.93. The maximum Gasteiger partial charge on any atom is 0.229 e. The Labute approximate surface area is 152 Å². The number of nitrogens with one attached hydrogen (secondary N) is 2. The molecule has 8 nitrogen and oxygen atoms in total. The van der Waals surface area contributed by atoms with Crippen LogP contribution in [0.5, 0.6) is 0 Å². The van der Waals surface area contributed by atoms with Gasteiger partial charge in [-0.25, -0.2) is 0 Å². The first-order valence-corrected chi connectivity index (χ1v) is 8.44. The van der Waals surface area contributed by atoms with Gasteiger partial charge in [0.15, 0.2) is 0 Å². The molecule has 4 N–H and O–H groups in total. The minimum absolute atomic E-state index is 0.129. The Morgan fingerprint density at radius 2 is 1.56 bits per heavy atom. The zero-order valence-electron chi connectivity index (χ0n) is 13.9. The molecule has 0 spiro atoms. The molecule has 0 fully saturated rings. The zero-order valence-corrected chi connectivity index (χ0v) is 14.7. The number of nitrogens with two attached hydrogens (primary N) is 1. The summed E-state index contributed by atoms with van der Waals surface area (Å²) in [4.78, 5) is 12.4. The van der Waals surface area contributed by atoms with Crippen LogP contribution in [0.3, 0.4) is 0 Å². The van der Waals surface area contributed by atoms with Crippen molar-refractivity contribution in [1.29, 1.82) is 0 Å². The molecule has 0 saturated carbocycles. The van der Waals surface area contributed by atoms with E-state index in [9.17, 15) is 0 Å². The first kappa shape index (κ1) is 19.3. The monoisotopic (exact) mass is 366 g/mol. The third-order valence-corrected chi connectivity index (χ3v) is 3.23. The van der Waals surface area contributed by atoms with Crippen LogP contribution >= 0.6 is 11.6 Å². The van der Waals surface area contributed by atoms with E-state index in [1.54, 1.807) is 0 Å². The van der Waals surface area contributed by atoms with Gasteiger partial charge in [-0.3, -0.25) is 0 Å². The molecule has 0 bridgehead atoms. The molecule has 2 aromatic rings. The fraction of sp³-hybridized carbons (Fsp3) is 0.438. The molecule has 0 saturated heterocycles. The minimum atomic E-state index is 0.129. The number of nitrogens with zero attached hydrogens (tertiary/aromatic N) is 3. The molecule has 0 atom stereocenters. The normalized spacial score (nSPS) is 10.6. The van der Waals surface area contributed by atoms with Crippen LogP contribution in [0.25, 0.3) is 0 Å². The van der Waals surface area contributed by atoms with E-state index in [0.29, 0.717) is 58.0 Å². The van der Waals surface area contributed by atoms with Crippen LogP contribution in [0.4, 0.5) is 11.9 Å². The quantitative estimate of drug-likeness (QED) is 0.485. The van der Waals surface area contributed by atoms with Crippen LogP contribution in [0.1, 0.15) is 5.56 Å². The summed E-state index contributed by atoms with van der Waals surface area (Å²) >= 11 is 5.94. The lowest BCUT2D eigenvalue weighted by Gasteiger charge is -2.09. The maximum absolute atomic E-state index is 5.94. The lowest BCUT2D eigenvalue weighted by molar-refractivity contribution is 0.0547. The van der Waals surface area contributed by atoms with Gasteiger partial charge in [0.05, 0.1) is 26.4 Å². The number of hydrogen-bond donors (Lipinski definition) is 3. The summed E-state index contributed by atoms with van der Waals surface area (Å²) in [5, 5.41) is 6.31. The average molecular weight is 367 g/mol. The number of rotatable bonds is 12. The number of benzene rings is 1. The lowest BCUT2D eigenvalue weighted by Crippen LogP contribution is -2.16. The standard InChI is InChI=1S/C16H23ClN6O2/c17-14-21-15(19-7-9-25-11-10-24-8-6-18)23-16(22-14)20-12-13-4-2-1-3-5-13/h1-5H,6-12,18H2,(H2,19,20,21,22,23). The number of anilines is 2. The highest BCUT2D eigenvalue weighted by molar-refractivity contribution is 6.28. The van der Waals surface area contributed by atoms with Gasteiger partial charge >= 0.3 is 0 Å². The first-order valence-electron chi connectivity index (χ1n) is 8.06. The van der Waals surface area contributed by atoms with E-state index in [1.165, 1.54) is 0 Å². The van der Waals surface area contributed by atoms with Crippen molar-refractivity contribution >= 4 is 23.5 Å². The van der Waals surface area contributed by atoms with E-state index in [1.807, 2.05) is 30.3 Å². The van der Waals surface area contributed by atoms with Crippen molar-refractivity contribution in [3.8, 4) is 0 Å². The Kier molecular flexibility index (Phi) is 8.92. The van der Waals surface area contributed by atoms with E-state index in [-0.39, 0.29) is 5.28 Å². The van der Waals surface area contributed by atoms with E-state index >= 15 is 0 Å². The molecular formula is C16H23ClN6O2. The van der Waals surface area contributed by atoms with Gasteiger partial charge in [0, 0.05) is 19.6 Å². The van der Waals surface area contributed by atoms with Crippen molar-refractivity contribution in [1.82, 2.24) is 15.0 Å². The number of hydrogen-bond acceptors (Lipinski definition) is 8. The molecule has 0 aliphatic heterocycles. The maximum atomic E-state index is 5.94. The molecule has 0 amide bonds. The van der Waals surface area contributed by atoms with Gasteiger partial charge in [-0.1, -0.05) is 30.3 Å². The second-order valence-corrected chi connectivity index (χ2v) is 5.37. The summed E-state index contributed by atoms with van der Waals surface area (Å²) in [6.07, 6.45) is 0. The smallest absolute Gasteiger partial charge is 0.229 e. The van der Waals surface area contributed by atoms with Crippen LogP contribution in [0.2, 0.25) is 5.28 Å². The predicted molar refractivity (Wildman–Crippen MR) is 97.8 cm³/mol. The van der Waals surface area contributed by atoms with Crippen LogP contribution < -0.4 is 16.4 Å². The number of halogens is 1. The highest BCUT2D eigenvalue weighted by atomic mass is 35.5. The molecule has 9 heteroatoms. The highest BCUT2D eigenvalue weighted by Gasteiger charge is 2.04. The summed E-state index contributed by atoms with van der Waals surface area (Å²) in [5.41, 5.74) is 6.45. The Balaban J connectivity index is 1.71. The highest BCUT2D eigenvalue weighted by Crippen LogP contribution is 2.10. The molecule has 0 aliphatic rings. The number of ether oxygens (including phenoxy) is 2. The summed E-state index contributed by atoms with van der Waals surface area (Å²) in [5.74, 6) is 0.820. The van der Waals surface area contributed by atoms with Crippen LogP contribution in [-0.4, -0.2) is 54.5 Å². The lowest BCUT2D eigenvalue weighted by atomic mass is 10.2. The summed E-state index contributed by atoms with van der Waals surface area (Å²) in [6.45, 7) is 3.77. The van der Waals surface area contributed by atoms with E-state index < -0.39 is 0 Å². The van der Waals surface area contributed by atoms with Crippen molar-refractivity contribution in [3.63, 3.8) is 0 Å². The Morgan fingerprint density at radius 3 is 2.28 bits per heavy atom. The summed E-state index contributed by atoms with van der Waals surface area (Å²) < 4.78 is 10.6. The average Bonchev–Trinajstić information content (AvgIpc) is 2.63. The third-order valence-electron chi connectivity index (χ3n) is 3.07. The van der Waals surface area contributed by atoms with Crippen molar-refractivity contribution < 1.29 is 9.47 Å². The van der Waals surface area contributed by atoms with Gasteiger partial charge in [0.1, 0.15) is 0 Å². The van der Waals surface area contributed by atoms with Crippen molar-refractivity contribution in [2.45, 2.75) is 6.54 Å². The van der Waals surface area contributed by atoms with Crippen LogP contribution in [-0.2, 0) is 16.0 Å². The van der Waals surface area contributed by atoms with Crippen molar-refractivity contribution in [2.75, 3.05) is 50.2 Å². The van der Waals surface area contributed by atoms with Gasteiger partial charge in [-0.15, -0.1) is 0 Å². The molecule has 136 valence electrons. The molecule has 2 rings (SSSR count). The molecule has 1 aromatic carbocycles. The Bertz CT molecular complexity index is 617. The molecule has 0 unspecified atom stereocenters. The second-order valence-electron chi connectivity index (χ2n) is 5.03. The van der Waals surface area contributed by atoms with E-state index in [0.717, 1.165) is 5.56 Å². The number of aromatic nitrogens is 3. The van der Waals surface area contributed by atoms with Crippen LogP contribution in [0.15, 0.2) is 30.3 Å². The molecule has 25 heavy (non-hydrogen) atoms. The van der Waals surface area contributed by atoms with Crippen molar-refractivity contribution in [3.05, 3.63) is 41.2 Å². The van der Waals surface area contributed by atoms with Gasteiger partial charge in [-0.2, -0.15) is 15.0 Å². The molecule has 1 aromatic heterocycles. The largest absolute Gasteiger partial charge is 0.378 e. The van der Waals surface area contributed by atoms with Gasteiger partial charge in [-0.05, 0) is 17.2 Å². The molecule has 0 radical (unpaired) electrons. The van der Waals surface area contributed by atoms with E-state index in [4.69, 9.17) is 26.8 Å². The fourth-order valence-corrected chi connectivity index (χ4v) is 2.09. The Morgan fingerprint density at radius 1 is 0.880 bits per heavy atom. The van der Waals surface area contributed by atoms with Crippen LogP contribution in [0, 0.1) is 0 Å². The molecule has 1 heterocycles. The minimum Gasteiger partial charge on any atom is -0.378 e. The SMILES string of the molecule is NCCOCCOCCNc1nc(Cl)nc(NCc2ccccc2)n1. The zero-order chi connectivity index (χ0) is 17.7. The van der Waals surface area contributed by atoms with Gasteiger partial charge < -0.3 is 25.8 Å². The third kappa shape index (κ3) is 8.08. The van der Waals surface area contributed by atoms with E-state index in [2.05, 4.69) is 25.6 Å². The van der Waals surface area contributed by atoms with Crippen molar-refractivity contribution in [2.24, 2.45) is 5.73 Å². The summed E-state index contributed by atoms with van der Waals surface area (Å²) in [6, 6.07) is 9.96. The van der Waals surface area contributed by atoms with Gasteiger partial charge in [0.25, 0.3) is 0 Å². The summed E-state index contributed by atoms with van der Waals surface area (Å²) in [7, 11) is 0. The molecule has 0 aliphatic carbocycles. The topological polar surface area (TPSA) is 107 Å². The predicted octanol–water partition coefficient (Wildman–Crippen LogP) is 1.54.